The molecule has 1 aliphatic rings. The standard InChI is InChI=1S/C19H22N2O3/c1-20(24-2)18(22)15-9-6-12-21(13-15)19(23)17-11-5-8-14-7-3-4-10-16(14)17/h3-5,7-8,10-11,15H,6,9,12-13H2,1-2H3. The molecule has 5 heteroatoms. The Bertz CT molecular complexity index is 754. The molecule has 2 aromatic carbocycles. The van der Waals surface area contributed by atoms with Crippen molar-refractivity contribution >= 4 is 22.6 Å². The van der Waals surface area contributed by atoms with Gasteiger partial charge in [0, 0.05) is 25.7 Å². The van der Waals surface area contributed by atoms with E-state index in [2.05, 4.69) is 0 Å². The van der Waals surface area contributed by atoms with Crippen LogP contribution in [0.2, 0.25) is 0 Å². The Labute approximate surface area is 141 Å². The molecule has 0 radical (unpaired) electrons. The van der Waals surface area contributed by atoms with Crippen LogP contribution >= 0.6 is 0 Å². The summed E-state index contributed by atoms with van der Waals surface area (Å²) < 4.78 is 0. The summed E-state index contributed by atoms with van der Waals surface area (Å²) in [6.45, 7) is 1.12. The number of carbonyl (C=O) groups excluding carboxylic acids is 2. The first-order chi connectivity index (χ1) is 11.6. The minimum Gasteiger partial charge on any atom is -0.338 e. The fourth-order valence-electron chi connectivity index (χ4n) is 3.29. The van der Waals surface area contributed by atoms with Crippen LogP contribution in [0.3, 0.4) is 0 Å². The molecule has 0 aliphatic carbocycles. The van der Waals surface area contributed by atoms with Crippen molar-refractivity contribution < 1.29 is 14.4 Å². The maximum absolute atomic E-state index is 13.0. The molecular weight excluding hydrogens is 304 g/mol. The van der Waals surface area contributed by atoms with Crippen LogP contribution in [0.25, 0.3) is 10.8 Å². The topological polar surface area (TPSA) is 49.9 Å². The second-order valence-corrected chi connectivity index (χ2v) is 6.14. The lowest BCUT2D eigenvalue weighted by molar-refractivity contribution is -0.174. The number of rotatable bonds is 3. The molecular formula is C19H22N2O3. The van der Waals surface area contributed by atoms with Crippen LogP contribution in [-0.4, -0.2) is 49.0 Å². The number of carbonyl (C=O) groups is 2. The van der Waals surface area contributed by atoms with Gasteiger partial charge in [0.1, 0.15) is 0 Å². The molecule has 3 rings (SSSR count). The van der Waals surface area contributed by atoms with Crippen LogP contribution in [0.4, 0.5) is 0 Å². The van der Waals surface area contributed by atoms with Crippen molar-refractivity contribution in [1.82, 2.24) is 9.96 Å². The molecule has 1 unspecified atom stereocenters. The predicted molar refractivity (Wildman–Crippen MR) is 92.4 cm³/mol. The largest absolute Gasteiger partial charge is 0.338 e. The van der Waals surface area contributed by atoms with Crippen molar-refractivity contribution in [3.05, 3.63) is 48.0 Å². The smallest absolute Gasteiger partial charge is 0.254 e. The third kappa shape index (κ3) is 3.12. The van der Waals surface area contributed by atoms with Gasteiger partial charge in [-0.05, 0) is 29.7 Å². The average Bonchev–Trinajstić information content (AvgIpc) is 2.65. The molecule has 1 saturated heterocycles. The van der Waals surface area contributed by atoms with E-state index in [1.165, 1.54) is 12.2 Å². The van der Waals surface area contributed by atoms with Crippen LogP contribution in [0.5, 0.6) is 0 Å². The first-order valence-electron chi connectivity index (χ1n) is 8.20. The predicted octanol–water partition coefficient (Wildman–Crippen LogP) is 2.71. The molecule has 2 aromatic rings. The van der Waals surface area contributed by atoms with Crippen molar-refractivity contribution in [3.63, 3.8) is 0 Å². The number of likely N-dealkylation sites (tertiary alicyclic amines) is 1. The molecule has 126 valence electrons. The zero-order chi connectivity index (χ0) is 17.1. The summed E-state index contributed by atoms with van der Waals surface area (Å²) in [5, 5.41) is 3.25. The second-order valence-electron chi connectivity index (χ2n) is 6.14. The van der Waals surface area contributed by atoms with Crippen LogP contribution in [0.1, 0.15) is 23.2 Å². The van der Waals surface area contributed by atoms with Gasteiger partial charge in [-0.25, -0.2) is 5.06 Å². The number of amides is 2. The number of nitrogens with zero attached hydrogens (tertiary/aromatic N) is 2. The third-order valence-corrected chi connectivity index (χ3v) is 4.66. The van der Waals surface area contributed by atoms with E-state index in [-0.39, 0.29) is 17.7 Å². The summed E-state index contributed by atoms with van der Waals surface area (Å²) in [5.74, 6) is -0.292. The highest BCUT2D eigenvalue weighted by Gasteiger charge is 2.31. The van der Waals surface area contributed by atoms with Gasteiger partial charge < -0.3 is 4.90 Å². The average molecular weight is 326 g/mol. The number of hydrogen-bond acceptors (Lipinski definition) is 3. The second kappa shape index (κ2) is 7.01. The Hall–Kier alpha value is -2.40. The van der Waals surface area contributed by atoms with E-state index in [9.17, 15) is 9.59 Å². The van der Waals surface area contributed by atoms with Gasteiger partial charge in [-0.15, -0.1) is 0 Å². The molecule has 1 fully saturated rings. The van der Waals surface area contributed by atoms with Gasteiger partial charge in [0.05, 0.1) is 13.0 Å². The number of benzene rings is 2. The summed E-state index contributed by atoms with van der Waals surface area (Å²) >= 11 is 0. The van der Waals surface area contributed by atoms with E-state index in [0.29, 0.717) is 18.7 Å². The number of fused-ring (bicyclic) bond motifs is 1. The van der Waals surface area contributed by atoms with Gasteiger partial charge in [-0.2, -0.15) is 0 Å². The quantitative estimate of drug-likeness (QED) is 0.815. The Balaban J connectivity index is 1.83. The zero-order valence-electron chi connectivity index (χ0n) is 14.1. The van der Waals surface area contributed by atoms with Gasteiger partial charge in [0.2, 0.25) is 0 Å². The lowest BCUT2D eigenvalue weighted by Gasteiger charge is -2.33. The van der Waals surface area contributed by atoms with Crippen molar-refractivity contribution in [2.24, 2.45) is 5.92 Å². The van der Waals surface area contributed by atoms with Crippen LogP contribution in [0, 0.1) is 5.92 Å². The molecule has 1 heterocycles. The minimum absolute atomic E-state index is 0.00984. The van der Waals surface area contributed by atoms with E-state index in [0.717, 1.165) is 23.6 Å². The first-order valence-corrected chi connectivity index (χ1v) is 8.20. The van der Waals surface area contributed by atoms with Crippen molar-refractivity contribution in [1.29, 1.82) is 0 Å². The Morgan fingerprint density at radius 1 is 1.17 bits per heavy atom. The van der Waals surface area contributed by atoms with Gasteiger partial charge in [-0.1, -0.05) is 36.4 Å². The fraction of sp³-hybridized carbons (Fsp3) is 0.368. The molecule has 1 atom stereocenters. The highest BCUT2D eigenvalue weighted by Crippen LogP contribution is 2.24. The maximum Gasteiger partial charge on any atom is 0.254 e. The van der Waals surface area contributed by atoms with Crippen molar-refractivity contribution in [3.8, 4) is 0 Å². The number of hydroxylamine groups is 2. The fourth-order valence-corrected chi connectivity index (χ4v) is 3.29. The Morgan fingerprint density at radius 2 is 1.92 bits per heavy atom. The molecule has 0 saturated carbocycles. The normalized spacial score (nSPS) is 17.8. The van der Waals surface area contributed by atoms with E-state index in [1.807, 2.05) is 42.5 Å². The summed E-state index contributed by atoms with van der Waals surface area (Å²) in [6.07, 6.45) is 1.61. The summed E-state index contributed by atoms with van der Waals surface area (Å²) in [6, 6.07) is 13.6. The lowest BCUT2D eigenvalue weighted by atomic mass is 9.95. The summed E-state index contributed by atoms with van der Waals surface area (Å²) in [5.41, 5.74) is 0.696. The van der Waals surface area contributed by atoms with E-state index >= 15 is 0 Å². The van der Waals surface area contributed by atoms with E-state index in [4.69, 9.17) is 4.84 Å². The van der Waals surface area contributed by atoms with Gasteiger partial charge in [0.15, 0.2) is 0 Å². The monoisotopic (exact) mass is 326 g/mol. The molecule has 0 aromatic heterocycles. The van der Waals surface area contributed by atoms with Gasteiger partial charge in [0.25, 0.3) is 11.8 Å². The lowest BCUT2D eigenvalue weighted by Crippen LogP contribution is -2.45. The zero-order valence-corrected chi connectivity index (χ0v) is 14.1. The highest BCUT2D eigenvalue weighted by atomic mass is 16.7. The molecule has 2 amide bonds. The molecule has 5 nitrogen and oxygen atoms in total. The number of piperidine rings is 1. The van der Waals surface area contributed by atoms with E-state index in [1.54, 1.807) is 11.9 Å². The third-order valence-electron chi connectivity index (χ3n) is 4.66. The SMILES string of the molecule is CON(C)C(=O)C1CCCN(C(=O)c2cccc3ccccc23)C1. The van der Waals surface area contributed by atoms with Crippen LogP contribution in [-0.2, 0) is 9.63 Å². The van der Waals surface area contributed by atoms with Crippen molar-refractivity contribution in [2.75, 3.05) is 27.2 Å². The number of hydrogen-bond donors (Lipinski definition) is 0. The minimum atomic E-state index is -0.206. The van der Waals surface area contributed by atoms with E-state index < -0.39 is 0 Å². The summed E-state index contributed by atoms with van der Waals surface area (Å²) in [7, 11) is 3.08. The molecule has 0 bridgehead atoms. The van der Waals surface area contributed by atoms with Crippen LogP contribution < -0.4 is 0 Å². The highest BCUT2D eigenvalue weighted by molar-refractivity contribution is 6.07. The molecule has 1 aliphatic heterocycles. The Morgan fingerprint density at radius 3 is 2.71 bits per heavy atom. The first kappa shape index (κ1) is 16.5. The summed E-state index contributed by atoms with van der Waals surface area (Å²) in [4.78, 5) is 32.1. The van der Waals surface area contributed by atoms with Crippen molar-refractivity contribution in [2.45, 2.75) is 12.8 Å². The van der Waals surface area contributed by atoms with Gasteiger partial charge >= 0.3 is 0 Å². The maximum atomic E-state index is 13.0. The van der Waals surface area contributed by atoms with Gasteiger partial charge in [-0.3, -0.25) is 14.4 Å². The Kier molecular flexibility index (Phi) is 4.81. The molecule has 24 heavy (non-hydrogen) atoms. The van der Waals surface area contributed by atoms with Crippen LogP contribution in [0.15, 0.2) is 42.5 Å². The molecule has 0 spiro atoms. The molecule has 0 N–H and O–H groups in total.